The molecule has 1 aliphatic rings. The SMILES string of the molecule is c1ccc(C2(c3ccc(-c4ccc(N(c5ccc(-c6cccc7ccccc67)cc5)c5cccc6ccccc56)cc4)cc3)c3cccc4ccc5cccc2c5c34)cc1. The van der Waals surface area contributed by atoms with Crippen molar-refractivity contribution in [2.75, 3.05) is 4.90 Å². The van der Waals surface area contributed by atoms with Gasteiger partial charge in [-0.1, -0.05) is 206 Å². The standard InChI is InChI=1S/C59H39N/c1-2-18-47(19-3-1)59(54-23-9-16-45-26-27-46-17-10-24-55(59)58(46)57(45)54)48-34-28-40(29-35-48)41-30-36-49(37-31-41)60(56-25-11-15-43-13-5-7-21-53(43)56)50-38-32-44(33-39-50)52-22-8-14-42-12-4-6-20-51(42)52/h1-39H. The predicted molar refractivity (Wildman–Crippen MR) is 254 cm³/mol. The first kappa shape index (κ1) is 34.3. The fourth-order valence-electron chi connectivity index (χ4n) is 10.2. The molecule has 0 unspecified atom stereocenters. The van der Waals surface area contributed by atoms with E-state index in [0.717, 1.165) is 17.1 Å². The molecule has 0 amide bonds. The zero-order valence-electron chi connectivity index (χ0n) is 33.0. The summed E-state index contributed by atoms with van der Waals surface area (Å²) in [5.74, 6) is 0. The van der Waals surface area contributed by atoms with Crippen LogP contribution in [0.2, 0.25) is 0 Å². The molecule has 0 heterocycles. The van der Waals surface area contributed by atoms with Crippen molar-refractivity contribution in [3.8, 4) is 22.3 Å². The van der Waals surface area contributed by atoms with Crippen molar-refractivity contribution in [3.05, 3.63) is 259 Å². The maximum atomic E-state index is 2.39. The second-order valence-corrected chi connectivity index (χ2v) is 16.0. The van der Waals surface area contributed by atoms with Crippen LogP contribution < -0.4 is 4.90 Å². The molecule has 0 aromatic heterocycles. The molecular weight excluding hydrogens is 723 g/mol. The largest absolute Gasteiger partial charge is 0.310 e. The van der Waals surface area contributed by atoms with Gasteiger partial charge in [0.25, 0.3) is 0 Å². The van der Waals surface area contributed by atoms with Crippen molar-refractivity contribution in [2.45, 2.75) is 5.41 Å². The molecule has 12 rings (SSSR count). The van der Waals surface area contributed by atoms with Gasteiger partial charge in [-0.15, -0.1) is 0 Å². The van der Waals surface area contributed by atoms with Crippen LogP contribution in [0.4, 0.5) is 17.1 Å². The van der Waals surface area contributed by atoms with Gasteiger partial charge in [-0.3, -0.25) is 0 Å². The van der Waals surface area contributed by atoms with Crippen molar-refractivity contribution >= 4 is 60.2 Å². The topological polar surface area (TPSA) is 3.24 Å². The Labute approximate surface area is 350 Å². The average molecular weight is 762 g/mol. The average Bonchev–Trinajstić information content (AvgIpc) is 3.64. The number of hydrogen-bond donors (Lipinski definition) is 0. The van der Waals surface area contributed by atoms with Crippen LogP contribution in [0.5, 0.6) is 0 Å². The maximum absolute atomic E-state index is 2.39. The molecule has 11 aromatic carbocycles. The molecule has 1 nitrogen and oxygen atoms in total. The van der Waals surface area contributed by atoms with Gasteiger partial charge in [-0.2, -0.15) is 0 Å². The van der Waals surface area contributed by atoms with Gasteiger partial charge >= 0.3 is 0 Å². The van der Waals surface area contributed by atoms with E-state index in [9.17, 15) is 0 Å². The molecule has 0 N–H and O–H groups in total. The molecule has 280 valence electrons. The molecule has 0 aliphatic heterocycles. The van der Waals surface area contributed by atoms with E-state index in [1.807, 2.05) is 0 Å². The third-order valence-corrected chi connectivity index (χ3v) is 12.9. The van der Waals surface area contributed by atoms with Crippen molar-refractivity contribution in [1.82, 2.24) is 0 Å². The van der Waals surface area contributed by atoms with Crippen LogP contribution >= 0.6 is 0 Å². The summed E-state index contributed by atoms with van der Waals surface area (Å²) < 4.78 is 0. The highest BCUT2D eigenvalue weighted by Crippen LogP contribution is 2.56. The first-order valence-electron chi connectivity index (χ1n) is 20.8. The predicted octanol–water partition coefficient (Wildman–Crippen LogP) is 15.8. The fraction of sp³-hybridized carbons (Fsp3) is 0.0169. The van der Waals surface area contributed by atoms with Crippen molar-refractivity contribution in [1.29, 1.82) is 0 Å². The highest BCUT2D eigenvalue weighted by molar-refractivity contribution is 6.16. The number of rotatable bonds is 7. The summed E-state index contributed by atoms with van der Waals surface area (Å²) in [6, 6.07) is 87.2. The summed E-state index contributed by atoms with van der Waals surface area (Å²) in [5, 5.41) is 10.3. The summed E-state index contributed by atoms with van der Waals surface area (Å²) in [5.41, 5.74) is 13.0. The Morgan fingerprint density at radius 3 is 1.37 bits per heavy atom. The molecule has 1 heteroatoms. The normalized spacial score (nSPS) is 12.8. The fourth-order valence-corrected chi connectivity index (χ4v) is 10.2. The summed E-state index contributed by atoms with van der Waals surface area (Å²) in [6.45, 7) is 0. The van der Waals surface area contributed by atoms with E-state index in [4.69, 9.17) is 0 Å². The molecular formula is C59H39N. The van der Waals surface area contributed by atoms with E-state index in [1.165, 1.54) is 87.6 Å². The highest BCUT2D eigenvalue weighted by Gasteiger charge is 2.44. The van der Waals surface area contributed by atoms with Crippen LogP contribution in [0.1, 0.15) is 22.3 Å². The van der Waals surface area contributed by atoms with Gasteiger partial charge in [0.1, 0.15) is 0 Å². The van der Waals surface area contributed by atoms with E-state index < -0.39 is 5.41 Å². The Morgan fingerprint density at radius 1 is 0.283 bits per heavy atom. The molecule has 11 aromatic rings. The number of anilines is 3. The van der Waals surface area contributed by atoms with Gasteiger partial charge in [0, 0.05) is 16.8 Å². The van der Waals surface area contributed by atoms with Crippen molar-refractivity contribution < 1.29 is 0 Å². The third-order valence-electron chi connectivity index (χ3n) is 12.9. The number of benzene rings is 11. The van der Waals surface area contributed by atoms with E-state index in [1.54, 1.807) is 0 Å². The molecule has 0 fully saturated rings. The third kappa shape index (κ3) is 5.19. The number of nitrogens with zero attached hydrogens (tertiary/aromatic N) is 1. The van der Waals surface area contributed by atoms with E-state index in [-0.39, 0.29) is 0 Å². The van der Waals surface area contributed by atoms with Crippen LogP contribution in [0.25, 0.3) is 65.3 Å². The summed E-state index contributed by atoms with van der Waals surface area (Å²) in [7, 11) is 0. The lowest BCUT2D eigenvalue weighted by molar-refractivity contribution is 0.771. The lowest BCUT2D eigenvalue weighted by Crippen LogP contribution is -2.28. The second-order valence-electron chi connectivity index (χ2n) is 16.0. The monoisotopic (exact) mass is 761 g/mol. The Kier molecular flexibility index (Phi) is 7.83. The van der Waals surface area contributed by atoms with Gasteiger partial charge in [-0.25, -0.2) is 0 Å². The molecule has 0 spiro atoms. The Hall–Kier alpha value is -7.74. The smallest absolute Gasteiger partial charge is 0.0714 e. The first-order valence-corrected chi connectivity index (χ1v) is 20.8. The van der Waals surface area contributed by atoms with Crippen molar-refractivity contribution in [2.24, 2.45) is 0 Å². The van der Waals surface area contributed by atoms with Crippen LogP contribution in [0, 0.1) is 0 Å². The van der Waals surface area contributed by atoms with Gasteiger partial charge in [0.2, 0.25) is 0 Å². The maximum Gasteiger partial charge on any atom is 0.0714 e. The Balaban J connectivity index is 0.945. The molecule has 0 saturated carbocycles. The van der Waals surface area contributed by atoms with Crippen molar-refractivity contribution in [3.63, 3.8) is 0 Å². The van der Waals surface area contributed by atoms with Gasteiger partial charge in [-0.05, 0) is 113 Å². The molecule has 60 heavy (non-hydrogen) atoms. The van der Waals surface area contributed by atoms with E-state index in [2.05, 4.69) is 241 Å². The minimum absolute atomic E-state index is 0.422. The quantitative estimate of drug-likeness (QED) is 0.146. The Morgan fingerprint density at radius 2 is 0.733 bits per heavy atom. The molecule has 0 atom stereocenters. The summed E-state index contributed by atoms with van der Waals surface area (Å²) in [6.07, 6.45) is 0. The summed E-state index contributed by atoms with van der Waals surface area (Å²) >= 11 is 0. The number of hydrogen-bond acceptors (Lipinski definition) is 1. The van der Waals surface area contributed by atoms with Gasteiger partial charge in [0.15, 0.2) is 0 Å². The zero-order chi connectivity index (χ0) is 39.6. The van der Waals surface area contributed by atoms with Gasteiger partial charge in [0.05, 0.1) is 11.1 Å². The van der Waals surface area contributed by atoms with E-state index in [0.29, 0.717) is 0 Å². The van der Waals surface area contributed by atoms with Crippen LogP contribution in [-0.2, 0) is 5.41 Å². The van der Waals surface area contributed by atoms with Crippen LogP contribution in [0.15, 0.2) is 237 Å². The Bertz CT molecular complexity index is 3330. The van der Waals surface area contributed by atoms with E-state index >= 15 is 0 Å². The first-order chi connectivity index (χ1) is 29.8. The van der Waals surface area contributed by atoms with Crippen LogP contribution in [0.3, 0.4) is 0 Å². The molecule has 0 radical (unpaired) electrons. The second kappa shape index (κ2) is 13.7. The molecule has 0 bridgehead atoms. The molecule has 1 aliphatic carbocycles. The van der Waals surface area contributed by atoms with Crippen LogP contribution in [-0.4, -0.2) is 0 Å². The lowest BCUT2D eigenvalue weighted by atomic mass is 9.67. The summed E-state index contributed by atoms with van der Waals surface area (Å²) in [4.78, 5) is 2.39. The zero-order valence-corrected chi connectivity index (χ0v) is 33.0. The number of fused-ring (bicyclic) bond motifs is 2. The van der Waals surface area contributed by atoms with Gasteiger partial charge < -0.3 is 4.90 Å². The minimum atomic E-state index is -0.422. The highest BCUT2D eigenvalue weighted by atomic mass is 15.1. The minimum Gasteiger partial charge on any atom is -0.310 e. The lowest BCUT2D eigenvalue weighted by Gasteiger charge is -2.34. The molecule has 0 saturated heterocycles.